The second-order valence-electron chi connectivity index (χ2n) is 6.98. The van der Waals surface area contributed by atoms with E-state index in [-0.39, 0.29) is 23.6 Å². The summed E-state index contributed by atoms with van der Waals surface area (Å²) in [5.74, 6) is 0.545. The highest BCUT2D eigenvalue weighted by Crippen LogP contribution is 2.29. The van der Waals surface area contributed by atoms with Crippen molar-refractivity contribution in [1.29, 1.82) is 0 Å². The zero-order valence-corrected chi connectivity index (χ0v) is 14.6. The van der Waals surface area contributed by atoms with Crippen LogP contribution in [-0.2, 0) is 17.9 Å². The summed E-state index contributed by atoms with van der Waals surface area (Å²) in [6.45, 7) is 10.0. The topological polar surface area (TPSA) is 82.1 Å². The summed E-state index contributed by atoms with van der Waals surface area (Å²) < 4.78 is 8.82. The molecule has 3 rings (SSSR count). The monoisotopic (exact) mass is 330 g/mol. The molecule has 0 unspecified atom stereocenters. The number of hydrogen-bond donors (Lipinski definition) is 1. The maximum Gasteiger partial charge on any atom is 0.291 e. The number of carbonyl (C=O) groups is 1. The standard InChI is InChI=1S/C17H22N4O3/c1-6-20-12-7-10(2)24-15(12)11-8-18-21(16(23)14(11)20)9-13(22)19-17(3,4)5/h7-8H,6,9H2,1-5H3,(H,19,22). The highest BCUT2D eigenvalue weighted by atomic mass is 16.3. The van der Waals surface area contributed by atoms with Crippen molar-refractivity contribution in [2.45, 2.75) is 53.2 Å². The normalized spacial score (nSPS) is 12.2. The van der Waals surface area contributed by atoms with Gasteiger partial charge in [-0.3, -0.25) is 9.59 Å². The van der Waals surface area contributed by atoms with Gasteiger partial charge in [0.2, 0.25) is 5.91 Å². The van der Waals surface area contributed by atoms with Gasteiger partial charge in [-0.05, 0) is 34.6 Å². The highest BCUT2D eigenvalue weighted by Gasteiger charge is 2.20. The number of aromatic nitrogens is 3. The Morgan fingerprint density at radius 2 is 2.08 bits per heavy atom. The van der Waals surface area contributed by atoms with E-state index in [0.29, 0.717) is 23.0 Å². The number of nitrogens with zero attached hydrogens (tertiary/aromatic N) is 3. The van der Waals surface area contributed by atoms with E-state index in [1.54, 1.807) is 6.20 Å². The van der Waals surface area contributed by atoms with Crippen molar-refractivity contribution >= 4 is 27.9 Å². The fraction of sp³-hybridized carbons (Fsp3) is 0.471. The molecule has 7 heteroatoms. The van der Waals surface area contributed by atoms with E-state index in [4.69, 9.17) is 4.42 Å². The molecule has 1 amide bonds. The number of furan rings is 1. The summed E-state index contributed by atoms with van der Waals surface area (Å²) >= 11 is 0. The molecule has 0 fully saturated rings. The number of hydrogen-bond acceptors (Lipinski definition) is 4. The van der Waals surface area contributed by atoms with Crippen LogP contribution in [-0.4, -0.2) is 25.8 Å². The minimum absolute atomic E-state index is 0.110. The molecule has 0 saturated carbocycles. The van der Waals surface area contributed by atoms with Gasteiger partial charge in [-0.2, -0.15) is 5.10 Å². The van der Waals surface area contributed by atoms with Crippen molar-refractivity contribution in [1.82, 2.24) is 19.7 Å². The summed E-state index contributed by atoms with van der Waals surface area (Å²) in [4.78, 5) is 24.9. The van der Waals surface area contributed by atoms with Crippen LogP contribution in [0, 0.1) is 6.92 Å². The summed E-state index contributed by atoms with van der Waals surface area (Å²) in [6.07, 6.45) is 1.60. The van der Waals surface area contributed by atoms with Gasteiger partial charge in [0.25, 0.3) is 5.56 Å². The second kappa shape index (κ2) is 5.51. The van der Waals surface area contributed by atoms with Crippen LogP contribution in [0.1, 0.15) is 33.5 Å². The average Bonchev–Trinajstić information content (AvgIpc) is 2.95. The molecule has 0 aliphatic carbocycles. The lowest BCUT2D eigenvalue weighted by atomic mass is 10.1. The number of rotatable bonds is 3. The van der Waals surface area contributed by atoms with Crippen molar-refractivity contribution in [3.8, 4) is 0 Å². The summed E-state index contributed by atoms with van der Waals surface area (Å²) in [7, 11) is 0. The van der Waals surface area contributed by atoms with Gasteiger partial charge in [-0.1, -0.05) is 0 Å². The summed E-state index contributed by atoms with van der Waals surface area (Å²) in [5.41, 5.74) is 1.42. The molecule has 7 nitrogen and oxygen atoms in total. The third-order valence-electron chi connectivity index (χ3n) is 3.78. The maximum absolute atomic E-state index is 12.8. The van der Waals surface area contributed by atoms with Gasteiger partial charge >= 0.3 is 0 Å². The fourth-order valence-corrected chi connectivity index (χ4v) is 2.96. The predicted molar refractivity (Wildman–Crippen MR) is 92.1 cm³/mol. The number of nitrogens with one attached hydrogen (secondary N) is 1. The molecule has 0 aromatic carbocycles. The molecule has 0 spiro atoms. The molecule has 0 aliphatic heterocycles. The van der Waals surface area contributed by atoms with Crippen LogP contribution in [0.25, 0.3) is 22.0 Å². The lowest BCUT2D eigenvalue weighted by Gasteiger charge is -2.20. The van der Waals surface area contributed by atoms with Crippen molar-refractivity contribution in [2.75, 3.05) is 0 Å². The molecule has 0 radical (unpaired) electrons. The Morgan fingerprint density at radius 1 is 1.38 bits per heavy atom. The van der Waals surface area contributed by atoms with E-state index in [0.717, 1.165) is 11.3 Å². The van der Waals surface area contributed by atoms with E-state index >= 15 is 0 Å². The quantitative estimate of drug-likeness (QED) is 0.798. The van der Waals surface area contributed by atoms with Crippen LogP contribution in [0.2, 0.25) is 0 Å². The largest absolute Gasteiger partial charge is 0.459 e. The summed E-state index contributed by atoms with van der Waals surface area (Å²) in [5, 5.41) is 7.67. The highest BCUT2D eigenvalue weighted by molar-refractivity contribution is 6.04. The van der Waals surface area contributed by atoms with Gasteiger partial charge in [0.15, 0.2) is 5.58 Å². The number of carbonyl (C=O) groups excluding carboxylic acids is 1. The first-order valence-corrected chi connectivity index (χ1v) is 8.00. The Balaban J connectivity index is 2.11. The Bertz CT molecular complexity index is 985. The molecule has 0 saturated heterocycles. The minimum atomic E-state index is -0.355. The SMILES string of the molecule is CCn1c2cc(C)oc2c2cnn(CC(=O)NC(C)(C)C)c(=O)c21. The van der Waals surface area contributed by atoms with Crippen LogP contribution in [0.4, 0.5) is 0 Å². The molecule has 24 heavy (non-hydrogen) atoms. The molecule has 0 bridgehead atoms. The van der Waals surface area contributed by atoms with Crippen molar-refractivity contribution in [3.05, 3.63) is 28.4 Å². The zero-order valence-electron chi connectivity index (χ0n) is 14.6. The van der Waals surface area contributed by atoms with Crippen LogP contribution in [0.15, 0.2) is 21.5 Å². The fourth-order valence-electron chi connectivity index (χ4n) is 2.96. The van der Waals surface area contributed by atoms with Crippen molar-refractivity contribution in [2.24, 2.45) is 0 Å². The molecule has 1 N–H and O–H groups in total. The molecular formula is C17H22N4O3. The van der Waals surface area contributed by atoms with Crippen LogP contribution in [0.5, 0.6) is 0 Å². The smallest absolute Gasteiger partial charge is 0.291 e. The van der Waals surface area contributed by atoms with E-state index in [9.17, 15) is 9.59 Å². The molecule has 0 atom stereocenters. The third kappa shape index (κ3) is 2.70. The van der Waals surface area contributed by atoms with E-state index < -0.39 is 0 Å². The lowest BCUT2D eigenvalue weighted by molar-refractivity contribution is -0.123. The summed E-state index contributed by atoms with van der Waals surface area (Å²) in [6, 6.07) is 1.91. The minimum Gasteiger partial charge on any atom is -0.459 e. The van der Waals surface area contributed by atoms with Gasteiger partial charge in [0.1, 0.15) is 17.8 Å². The van der Waals surface area contributed by atoms with Crippen LogP contribution >= 0.6 is 0 Å². The molecule has 0 aliphatic rings. The van der Waals surface area contributed by atoms with Crippen LogP contribution in [0.3, 0.4) is 0 Å². The predicted octanol–water partition coefficient (Wildman–Crippen LogP) is 2.19. The molecule has 3 aromatic rings. The van der Waals surface area contributed by atoms with E-state index in [1.807, 2.05) is 45.3 Å². The Morgan fingerprint density at radius 3 is 2.71 bits per heavy atom. The molecule has 3 aromatic heterocycles. The number of amides is 1. The number of aryl methyl sites for hydroxylation is 2. The Kier molecular flexibility index (Phi) is 3.74. The van der Waals surface area contributed by atoms with Gasteiger partial charge in [0.05, 0.1) is 17.1 Å². The second-order valence-corrected chi connectivity index (χ2v) is 6.98. The van der Waals surface area contributed by atoms with Gasteiger partial charge < -0.3 is 14.3 Å². The molecule has 128 valence electrons. The average molecular weight is 330 g/mol. The van der Waals surface area contributed by atoms with Gasteiger partial charge in [0, 0.05) is 18.2 Å². The van der Waals surface area contributed by atoms with Crippen LogP contribution < -0.4 is 10.9 Å². The third-order valence-corrected chi connectivity index (χ3v) is 3.78. The first-order valence-electron chi connectivity index (χ1n) is 8.00. The zero-order chi connectivity index (χ0) is 17.6. The first-order chi connectivity index (χ1) is 11.2. The van der Waals surface area contributed by atoms with Crippen molar-refractivity contribution < 1.29 is 9.21 Å². The number of fused-ring (bicyclic) bond motifs is 3. The van der Waals surface area contributed by atoms with E-state index in [2.05, 4.69) is 10.4 Å². The van der Waals surface area contributed by atoms with Crippen molar-refractivity contribution in [3.63, 3.8) is 0 Å². The van der Waals surface area contributed by atoms with Gasteiger partial charge in [-0.25, -0.2) is 4.68 Å². The molecule has 3 heterocycles. The first kappa shape index (κ1) is 16.3. The lowest BCUT2D eigenvalue weighted by Crippen LogP contribution is -2.43. The maximum atomic E-state index is 12.8. The van der Waals surface area contributed by atoms with E-state index in [1.165, 1.54) is 4.68 Å². The van der Waals surface area contributed by atoms with Gasteiger partial charge in [-0.15, -0.1) is 0 Å². The Labute approximate surface area is 139 Å². The Hall–Kier alpha value is -2.57. The molecular weight excluding hydrogens is 308 g/mol.